The predicted octanol–water partition coefficient (Wildman–Crippen LogP) is 3.96. The van der Waals surface area contributed by atoms with E-state index in [0.717, 1.165) is 6.26 Å². The minimum Gasteiger partial charge on any atom is -0.457 e. The van der Waals surface area contributed by atoms with Crippen LogP contribution in [0.25, 0.3) is 11.0 Å². The van der Waals surface area contributed by atoms with Crippen molar-refractivity contribution in [1.29, 1.82) is 0 Å². The Bertz CT molecular complexity index is 1280. The molecule has 0 saturated carbocycles. The zero-order chi connectivity index (χ0) is 20.4. The van der Waals surface area contributed by atoms with Gasteiger partial charge in [0.05, 0.1) is 23.0 Å². The first kappa shape index (κ1) is 18.7. The van der Waals surface area contributed by atoms with E-state index in [9.17, 15) is 13.2 Å². The molecule has 0 amide bonds. The second-order valence-corrected chi connectivity index (χ2v) is 8.21. The summed E-state index contributed by atoms with van der Waals surface area (Å²) in [6.45, 7) is 0. The van der Waals surface area contributed by atoms with Gasteiger partial charge in [0.15, 0.2) is 5.82 Å². The molecule has 3 aromatic carbocycles. The van der Waals surface area contributed by atoms with Gasteiger partial charge in [-0.15, -0.1) is 0 Å². The number of aromatic amines is 1. The van der Waals surface area contributed by atoms with Gasteiger partial charge in [0.25, 0.3) is 0 Å². The molecule has 146 valence electrons. The van der Waals surface area contributed by atoms with Crippen LogP contribution in [0.5, 0.6) is 11.5 Å². The van der Waals surface area contributed by atoms with E-state index in [0.29, 0.717) is 33.8 Å². The second kappa shape index (κ2) is 7.40. The Labute approximate surface area is 167 Å². The number of rotatable bonds is 6. The van der Waals surface area contributed by atoms with Crippen LogP contribution in [0.2, 0.25) is 0 Å². The zero-order valence-electron chi connectivity index (χ0n) is 15.4. The number of sulfonamides is 1. The highest BCUT2D eigenvalue weighted by atomic mass is 32.2. The number of anilines is 1. The molecule has 0 saturated heterocycles. The number of carbonyl (C=O) groups is 1. The molecule has 0 atom stereocenters. The lowest BCUT2D eigenvalue weighted by molar-refractivity contribution is 0.103. The average Bonchev–Trinajstić information content (AvgIpc) is 3.11. The summed E-state index contributed by atoms with van der Waals surface area (Å²) < 4.78 is 30.9. The molecule has 7 nitrogen and oxygen atoms in total. The van der Waals surface area contributed by atoms with Crippen LogP contribution in [0.15, 0.2) is 72.8 Å². The molecular formula is C21H17N3O4S. The van der Waals surface area contributed by atoms with Crippen molar-refractivity contribution < 1.29 is 17.9 Å². The van der Waals surface area contributed by atoms with E-state index >= 15 is 0 Å². The molecule has 0 radical (unpaired) electrons. The number of ether oxygens (including phenoxy) is 1. The van der Waals surface area contributed by atoms with Crippen LogP contribution in [0.1, 0.15) is 16.2 Å². The Hall–Kier alpha value is -3.65. The van der Waals surface area contributed by atoms with Crippen molar-refractivity contribution in [3.8, 4) is 11.5 Å². The fraction of sp³-hybridized carbons (Fsp3) is 0.0476. The smallest absolute Gasteiger partial charge is 0.229 e. The molecule has 29 heavy (non-hydrogen) atoms. The van der Waals surface area contributed by atoms with Gasteiger partial charge >= 0.3 is 0 Å². The van der Waals surface area contributed by atoms with Crippen LogP contribution >= 0.6 is 0 Å². The van der Waals surface area contributed by atoms with Gasteiger partial charge in [0, 0.05) is 5.56 Å². The average molecular weight is 407 g/mol. The second-order valence-electron chi connectivity index (χ2n) is 6.46. The van der Waals surface area contributed by atoms with E-state index in [1.165, 1.54) is 0 Å². The number of imidazole rings is 1. The van der Waals surface area contributed by atoms with Gasteiger partial charge in [0.1, 0.15) is 11.5 Å². The first-order chi connectivity index (χ1) is 13.9. The minimum atomic E-state index is -3.39. The van der Waals surface area contributed by atoms with E-state index in [-0.39, 0.29) is 11.6 Å². The molecule has 0 bridgehead atoms. The Morgan fingerprint density at radius 2 is 1.66 bits per heavy atom. The zero-order valence-corrected chi connectivity index (χ0v) is 16.2. The van der Waals surface area contributed by atoms with Crippen LogP contribution in [-0.2, 0) is 10.0 Å². The number of hydrogen-bond donors (Lipinski definition) is 2. The highest BCUT2D eigenvalue weighted by molar-refractivity contribution is 7.92. The highest BCUT2D eigenvalue weighted by Crippen LogP contribution is 2.23. The number of ketones is 1. The van der Waals surface area contributed by atoms with E-state index < -0.39 is 10.0 Å². The van der Waals surface area contributed by atoms with Crippen molar-refractivity contribution in [2.45, 2.75) is 0 Å². The third kappa shape index (κ3) is 4.44. The van der Waals surface area contributed by atoms with Gasteiger partial charge in [-0.05, 0) is 54.6 Å². The summed E-state index contributed by atoms with van der Waals surface area (Å²) in [6.07, 6.45) is 1.07. The predicted molar refractivity (Wildman–Crippen MR) is 111 cm³/mol. The van der Waals surface area contributed by atoms with Crippen LogP contribution in [0.3, 0.4) is 0 Å². The van der Waals surface area contributed by atoms with Gasteiger partial charge in [-0.2, -0.15) is 0 Å². The summed E-state index contributed by atoms with van der Waals surface area (Å²) in [5, 5.41) is 0. The van der Waals surface area contributed by atoms with Crippen LogP contribution in [0.4, 0.5) is 5.69 Å². The number of nitrogens with one attached hydrogen (secondary N) is 2. The topological polar surface area (TPSA) is 101 Å². The molecule has 0 unspecified atom stereocenters. The molecule has 0 aliphatic heterocycles. The first-order valence-corrected chi connectivity index (χ1v) is 10.6. The number of nitrogens with zero attached hydrogens (tertiary/aromatic N) is 1. The molecule has 4 rings (SSSR count). The lowest BCUT2D eigenvalue weighted by Gasteiger charge is -2.05. The van der Waals surface area contributed by atoms with Crippen molar-refractivity contribution in [2.24, 2.45) is 0 Å². The standard InChI is InChI=1S/C21H17N3O4S/c1-29(26,27)24-15-9-12-18-19(13-15)23-21(22-18)20(25)14-7-10-17(11-8-14)28-16-5-3-2-4-6-16/h2-13,24H,1H3,(H,22,23). The fourth-order valence-electron chi connectivity index (χ4n) is 2.83. The first-order valence-electron chi connectivity index (χ1n) is 8.73. The normalized spacial score (nSPS) is 11.3. The van der Waals surface area contributed by atoms with E-state index in [2.05, 4.69) is 14.7 Å². The summed E-state index contributed by atoms with van der Waals surface area (Å²) in [6, 6.07) is 21.0. The molecule has 1 heterocycles. The van der Waals surface area contributed by atoms with E-state index in [1.807, 2.05) is 30.3 Å². The van der Waals surface area contributed by atoms with Crippen molar-refractivity contribution in [3.05, 3.63) is 84.2 Å². The maximum atomic E-state index is 12.8. The number of carbonyl (C=O) groups excluding carboxylic acids is 1. The van der Waals surface area contributed by atoms with Crippen molar-refractivity contribution in [1.82, 2.24) is 9.97 Å². The monoisotopic (exact) mass is 407 g/mol. The molecule has 1 aromatic heterocycles. The van der Waals surface area contributed by atoms with Gasteiger partial charge in [-0.25, -0.2) is 13.4 Å². The number of hydrogen-bond acceptors (Lipinski definition) is 5. The Morgan fingerprint density at radius 3 is 2.34 bits per heavy atom. The Morgan fingerprint density at radius 1 is 0.966 bits per heavy atom. The quantitative estimate of drug-likeness (QED) is 0.471. The molecule has 0 spiro atoms. The molecule has 0 aliphatic carbocycles. The summed E-state index contributed by atoms with van der Waals surface area (Å²) in [4.78, 5) is 20.0. The molecule has 4 aromatic rings. The van der Waals surface area contributed by atoms with Crippen molar-refractivity contribution in [2.75, 3.05) is 11.0 Å². The van der Waals surface area contributed by atoms with Crippen LogP contribution in [0, 0.1) is 0 Å². The van der Waals surface area contributed by atoms with Gasteiger partial charge in [0.2, 0.25) is 15.8 Å². The molecule has 0 aliphatic rings. The van der Waals surface area contributed by atoms with E-state index in [4.69, 9.17) is 4.74 Å². The molecule has 8 heteroatoms. The maximum absolute atomic E-state index is 12.8. The highest BCUT2D eigenvalue weighted by Gasteiger charge is 2.15. The fourth-order valence-corrected chi connectivity index (χ4v) is 3.39. The lowest BCUT2D eigenvalue weighted by Crippen LogP contribution is -2.09. The third-order valence-electron chi connectivity index (χ3n) is 4.10. The van der Waals surface area contributed by atoms with Gasteiger partial charge in [-0.3, -0.25) is 9.52 Å². The Balaban J connectivity index is 1.55. The summed E-state index contributed by atoms with van der Waals surface area (Å²) in [5.74, 6) is 1.23. The summed E-state index contributed by atoms with van der Waals surface area (Å²) in [7, 11) is -3.39. The number of aromatic nitrogens is 2. The number of para-hydroxylation sites is 1. The Kier molecular flexibility index (Phi) is 4.77. The number of H-pyrrole nitrogens is 1. The van der Waals surface area contributed by atoms with Crippen LogP contribution < -0.4 is 9.46 Å². The van der Waals surface area contributed by atoms with E-state index in [1.54, 1.807) is 42.5 Å². The SMILES string of the molecule is CS(=O)(=O)Nc1ccc2nc(C(=O)c3ccc(Oc4ccccc4)cc3)[nH]c2c1. The third-order valence-corrected chi connectivity index (χ3v) is 4.70. The lowest BCUT2D eigenvalue weighted by atomic mass is 10.1. The number of fused-ring (bicyclic) bond motifs is 1. The van der Waals surface area contributed by atoms with Crippen LogP contribution in [-0.4, -0.2) is 30.4 Å². The molecule has 0 fully saturated rings. The van der Waals surface area contributed by atoms with Crippen molar-refractivity contribution >= 4 is 32.5 Å². The molecule has 2 N–H and O–H groups in total. The summed E-state index contributed by atoms with van der Waals surface area (Å²) >= 11 is 0. The minimum absolute atomic E-state index is 0.174. The molecular weight excluding hydrogens is 390 g/mol. The van der Waals surface area contributed by atoms with Crippen molar-refractivity contribution in [3.63, 3.8) is 0 Å². The largest absolute Gasteiger partial charge is 0.457 e. The maximum Gasteiger partial charge on any atom is 0.229 e. The number of benzene rings is 3. The van der Waals surface area contributed by atoms with Gasteiger partial charge < -0.3 is 9.72 Å². The van der Waals surface area contributed by atoms with Gasteiger partial charge in [-0.1, -0.05) is 18.2 Å². The summed E-state index contributed by atoms with van der Waals surface area (Å²) in [5.41, 5.74) is 1.98.